The molecule has 1 rings (SSSR count). The first kappa shape index (κ1) is 10.0. The van der Waals surface area contributed by atoms with Crippen molar-refractivity contribution in [3.05, 3.63) is 0 Å². The van der Waals surface area contributed by atoms with Gasteiger partial charge in [0, 0.05) is 12.1 Å². The first-order valence-corrected chi connectivity index (χ1v) is 5.11. The summed E-state index contributed by atoms with van der Waals surface area (Å²) in [6, 6.07) is 1.46. The molecule has 0 aromatic heterocycles. The third kappa shape index (κ3) is 1.99. The average Bonchev–Trinajstić information content (AvgIpc) is 2.30. The number of nitrogens with zero attached hydrogens (tertiary/aromatic N) is 2. The Hall–Kier alpha value is -0.0800. The van der Waals surface area contributed by atoms with Crippen LogP contribution in [0.4, 0.5) is 0 Å². The molecule has 1 fully saturated rings. The smallest absolute Gasteiger partial charge is 0.0509 e. The van der Waals surface area contributed by atoms with E-state index in [4.69, 9.17) is 0 Å². The minimum absolute atomic E-state index is 0.724. The van der Waals surface area contributed by atoms with Crippen LogP contribution in [0, 0.1) is 0 Å². The Balaban J connectivity index is 2.36. The molecule has 12 heavy (non-hydrogen) atoms. The van der Waals surface area contributed by atoms with E-state index in [1.54, 1.807) is 0 Å². The Bertz CT molecular complexity index is 136. The van der Waals surface area contributed by atoms with Gasteiger partial charge < -0.3 is 0 Å². The molecule has 0 bridgehead atoms. The molecular weight excluding hydrogens is 148 g/mol. The van der Waals surface area contributed by atoms with Crippen LogP contribution in [0.3, 0.4) is 0 Å². The fourth-order valence-corrected chi connectivity index (χ4v) is 1.85. The zero-order chi connectivity index (χ0) is 9.14. The summed E-state index contributed by atoms with van der Waals surface area (Å²) in [5.41, 5.74) is 0. The summed E-state index contributed by atoms with van der Waals surface area (Å²) in [6.45, 7) is 9.34. The lowest BCUT2D eigenvalue weighted by Gasteiger charge is -2.20. The highest BCUT2D eigenvalue weighted by atomic mass is 15.4. The number of unbranched alkanes of at least 4 members (excludes halogenated alkanes) is 1. The van der Waals surface area contributed by atoms with Crippen LogP contribution in [0.5, 0.6) is 0 Å². The van der Waals surface area contributed by atoms with Gasteiger partial charge in [-0.05, 0) is 33.9 Å². The summed E-state index contributed by atoms with van der Waals surface area (Å²) in [5.74, 6) is 0. The highest BCUT2D eigenvalue weighted by Gasteiger charge is 2.30. The Morgan fingerprint density at radius 1 is 1.25 bits per heavy atom. The monoisotopic (exact) mass is 170 g/mol. The van der Waals surface area contributed by atoms with Crippen LogP contribution in [-0.2, 0) is 0 Å². The quantitative estimate of drug-likeness (QED) is 0.637. The fourth-order valence-electron chi connectivity index (χ4n) is 1.85. The lowest BCUT2D eigenvalue weighted by molar-refractivity contribution is 0.240. The van der Waals surface area contributed by atoms with Crippen molar-refractivity contribution in [1.29, 1.82) is 0 Å². The van der Waals surface area contributed by atoms with Crippen LogP contribution in [0.1, 0.15) is 33.6 Å². The second kappa shape index (κ2) is 4.24. The zero-order valence-electron chi connectivity index (χ0n) is 8.88. The van der Waals surface area contributed by atoms with E-state index in [9.17, 15) is 0 Å². The van der Waals surface area contributed by atoms with Crippen molar-refractivity contribution in [1.82, 2.24) is 9.80 Å². The van der Waals surface area contributed by atoms with Gasteiger partial charge in [-0.15, -0.1) is 0 Å². The van der Waals surface area contributed by atoms with Gasteiger partial charge in [0.15, 0.2) is 0 Å². The molecule has 1 saturated heterocycles. The van der Waals surface area contributed by atoms with Crippen molar-refractivity contribution in [2.24, 2.45) is 0 Å². The van der Waals surface area contributed by atoms with Crippen LogP contribution in [-0.4, -0.2) is 42.1 Å². The SMILES string of the molecule is CCCCN1CN(C)C(C)C1C. The van der Waals surface area contributed by atoms with Crippen LogP contribution in [0.2, 0.25) is 0 Å². The first-order valence-electron chi connectivity index (χ1n) is 5.11. The van der Waals surface area contributed by atoms with Crippen molar-refractivity contribution >= 4 is 0 Å². The molecule has 2 atom stereocenters. The molecule has 2 nitrogen and oxygen atoms in total. The summed E-state index contributed by atoms with van der Waals surface area (Å²) in [4.78, 5) is 5.01. The summed E-state index contributed by atoms with van der Waals surface area (Å²) < 4.78 is 0. The molecule has 1 aliphatic heterocycles. The second-order valence-corrected chi connectivity index (χ2v) is 4.05. The lowest BCUT2D eigenvalue weighted by atomic mass is 10.1. The standard InChI is InChI=1S/C10H22N2/c1-5-6-7-12-8-11(4)9(2)10(12)3/h9-10H,5-8H2,1-4H3. The highest BCUT2D eigenvalue weighted by molar-refractivity contribution is 4.84. The molecule has 0 aromatic carbocycles. The van der Waals surface area contributed by atoms with Gasteiger partial charge in [0.2, 0.25) is 0 Å². The summed E-state index contributed by atoms with van der Waals surface area (Å²) in [6.07, 6.45) is 2.65. The van der Waals surface area contributed by atoms with Gasteiger partial charge in [0.25, 0.3) is 0 Å². The molecule has 0 aliphatic carbocycles. The van der Waals surface area contributed by atoms with Gasteiger partial charge in [-0.2, -0.15) is 0 Å². The molecule has 72 valence electrons. The topological polar surface area (TPSA) is 6.48 Å². The first-order chi connectivity index (χ1) is 5.66. The van der Waals surface area contributed by atoms with E-state index >= 15 is 0 Å². The van der Waals surface area contributed by atoms with Crippen molar-refractivity contribution in [2.45, 2.75) is 45.7 Å². The van der Waals surface area contributed by atoms with E-state index in [0.717, 1.165) is 18.8 Å². The van der Waals surface area contributed by atoms with Gasteiger partial charge >= 0.3 is 0 Å². The third-order valence-electron chi connectivity index (χ3n) is 3.17. The minimum atomic E-state index is 0.724. The maximum Gasteiger partial charge on any atom is 0.0509 e. The molecule has 2 unspecified atom stereocenters. The van der Waals surface area contributed by atoms with Crippen molar-refractivity contribution in [3.63, 3.8) is 0 Å². The molecule has 2 heteroatoms. The predicted octanol–water partition coefficient (Wildman–Crippen LogP) is 1.77. The molecule has 1 heterocycles. The maximum atomic E-state index is 2.58. The van der Waals surface area contributed by atoms with E-state index in [1.807, 2.05) is 0 Å². The molecule has 1 aliphatic rings. The van der Waals surface area contributed by atoms with Crippen LogP contribution < -0.4 is 0 Å². The minimum Gasteiger partial charge on any atom is -0.289 e. The Labute approximate surface area is 76.5 Å². The molecular formula is C10H22N2. The Morgan fingerprint density at radius 2 is 1.92 bits per heavy atom. The van der Waals surface area contributed by atoms with Crippen molar-refractivity contribution in [2.75, 3.05) is 20.3 Å². The largest absolute Gasteiger partial charge is 0.289 e. The summed E-state index contributed by atoms with van der Waals surface area (Å²) in [7, 11) is 2.22. The normalized spacial score (nSPS) is 33.0. The summed E-state index contributed by atoms with van der Waals surface area (Å²) >= 11 is 0. The number of hydrogen-bond acceptors (Lipinski definition) is 2. The van der Waals surface area contributed by atoms with E-state index in [2.05, 4.69) is 37.6 Å². The van der Waals surface area contributed by atoms with Crippen molar-refractivity contribution < 1.29 is 0 Å². The van der Waals surface area contributed by atoms with E-state index in [1.165, 1.54) is 19.4 Å². The van der Waals surface area contributed by atoms with Crippen LogP contribution in [0.25, 0.3) is 0 Å². The van der Waals surface area contributed by atoms with Crippen LogP contribution >= 0.6 is 0 Å². The van der Waals surface area contributed by atoms with E-state index in [-0.39, 0.29) is 0 Å². The predicted molar refractivity (Wildman–Crippen MR) is 53.2 cm³/mol. The molecule has 0 aromatic rings. The summed E-state index contributed by atoms with van der Waals surface area (Å²) in [5, 5.41) is 0. The Kier molecular flexibility index (Phi) is 3.53. The third-order valence-corrected chi connectivity index (χ3v) is 3.17. The molecule has 0 saturated carbocycles. The Morgan fingerprint density at radius 3 is 2.33 bits per heavy atom. The van der Waals surface area contributed by atoms with Gasteiger partial charge in [0.05, 0.1) is 6.67 Å². The lowest BCUT2D eigenvalue weighted by Crippen LogP contribution is -2.32. The van der Waals surface area contributed by atoms with Gasteiger partial charge in [0.1, 0.15) is 0 Å². The van der Waals surface area contributed by atoms with Crippen LogP contribution in [0.15, 0.2) is 0 Å². The average molecular weight is 170 g/mol. The zero-order valence-corrected chi connectivity index (χ0v) is 8.88. The molecule has 0 radical (unpaired) electrons. The fraction of sp³-hybridized carbons (Fsp3) is 1.00. The molecule has 0 spiro atoms. The number of likely N-dealkylation sites (N-methyl/N-ethyl adjacent to an activating group) is 1. The number of rotatable bonds is 3. The van der Waals surface area contributed by atoms with Gasteiger partial charge in [-0.3, -0.25) is 9.80 Å². The molecule has 0 amide bonds. The van der Waals surface area contributed by atoms with Crippen molar-refractivity contribution in [3.8, 4) is 0 Å². The maximum absolute atomic E-state index is 2.58. The number of hydrogen-bond donors (Lipinski definition) is 0. The van der Waals surface area contributed by atoms with Gasteiger partial charge in [-0.25, -0.2) is 0 Å². The highest BCUT2D eigenvalue weighted by Crippen LogP contribution is 2.18. The molecule has 0 N–H and O–H groups in total. The van der Waals surface area contributed by atoms with Gasteiger partial charge in [-0.1, -0.05) is 13.3 Å². The second-order valence-electron chi connectivity index (χ2n) is 4.05. The van der Waals surface area contributed by atoms with E-state index < -0.39 is 0 Å². The van der Waals surface area contributed by atoms with E-state index in [0.29, 0.717) is 0 Å².